The lowest BCUT2D eigenvalue weighted by Gasteiger charge is -2.14. The standard InChI is InChI=1S/C8H16BrNO3S/c1-13-5-8(4-9)10-14(11,12)6-7-2-3-7/h7-8,10H,2-6H2,1H3. The Bertz CT molecular complexity index is 264. The third-order valence-corrected chi connectivity index (χ3v) is 4.44. The van der Waals surface area contributed by atoms with Gasteiger partial charge in [0.1, 0.15) is 0 Å². The molecule has 0 amide bonds. The van der Waals surface area contributed by atoms with Crippen LogP contribution in [0.15, 0.2) is 0 Å². The Morgan fingerprint density at radius 2 is 2.21 bits per heavy atom. The van der Waals surface area contributed by atoms with Crippen molar-refractivity contribution in [2.75, 3.05) is 24.8 Å². The topological polar surface area (TPSA) is 55.4 Å². The molecule has 0 aromatic carbocycles. The first-order chi connectivity index (χ1) is 6.57. The molecule has 0 aromatic heterocycles. The second-order valence-corrected chi connectivity index (χ2v) is 6.10. The van der Waals surface area contributed by atoms with Crippen LogP contribution in [-0.2, 0) is 14.8 Å². The number of halogens is 1. The molecule has 1 N–H and O–H groups in total. The minimum atomic E-state index is -3.11. The van der Waals surface area contributed by atoms with E-state index in [4.69, 9.17) is 4.74 Å². The number of ether oxygens (including phenoxy) is 1. The van der Waals surface area contributed by atoms with Gasteiger partial charge in [0.15, 0.2) is 0 Å². The maximum absolute atomic E-state index is 11.5. The fourth-order valence-electron chi connectivity index (χ4n) is 1.21. The molecule has 0 radical (unpaired) electrons. The highest BCUT2D eigenvalue weighted by Gasteiger charge is 2.29. The van der Waals surface area contributed by atoms with Crippen molar-refractivity contribution in [3.63, 3.8) is 0 Å². The van der Waals surface area contributed by atoms with Crippen LogP contribution in [0.2, 0.25) is 0 Å². The number of sulfonamides is 1. The van der Waals surface area contributed by atoms with E-state index in [9.17, 15) is 8.42 Å². The summed E-state index contributed by atoms with van der Waals surface area (Å²) in [6, 6.07) is -0.163. The average Bonchev–Trinajstić information content (AvgIpc) is 2.86. The summed E-state index contributed by atoms with van der Waals surface area (Å²) in [5.41, 5.74) is 0. The molecule has 0 saturated heterocycles. The molecule has 1 saturated carbocycles. The van der Waals surface area contributed by atoms with Crippen molar-refractivity contribution in [2.45, 2.75) is 18.9 Å². The Hall–Kier alpha value is 0.350. The predicted octanol–water partition coefficient (Wildman–Crippen LogP) is 0.726. The highest BCUT2D eigenvalue weighted by Crippen LogP contribution is 2.29. The zero-order valence-electron chi connectivity index (χ0n) is 8.20. The zero-order valence-corrected chi connectivity index (χ0v) is 10.6. The number of nitrogens with one attached hydrogen (secondary N) is 1. The van der Waals surface area contributed by atoms with Crippen LogP contribution in [0.5, 0.6) is 0 Å². The molecule has 1 aliphatic carbocycles. The Balaban J connectivity index is 2.38. The summed E-state index contributed by atoms with van der Waals surface area (Å²) in [6.45, 7) is 0.398. The van der Waals surface area contributed by atoms with Crippen LogP contribution in [0.25, 0.3) is 0 Å². The van der Waals surface area contributed by atoms with E-state index in [2.05, 4.69) is 20.7 Å². The highest BCUT2D eigenvalue weighted by molar-refractivity contribution is 9.09. The molecule has 1 unspecified atom stereocenters. The maximum Gasteiger partial charge on any atom is 0.212 e. The first kappa shape index (κ1) is 12.4. The van der Waals surface area contributed by atoms with Gasteiger partial charge >= 0.3 is 0 Å². The van der Waals surface area contributed by atoms with Gasteiger partial charge in [-0.05, 0) is 18.8 Å². The molecular formula is C8H16BrNO3S. The molecule has 0 bridgehead atoms. The van der Waals surface area contributed by atoms with Gasteiger partial charge in [-0.1, -0.05) is 15.9 Å². The Morgan fingerprint density at radius 3 is 2.64 bits per heavy atom. The lowest BCUT2D eigenvalue weighted by Crippen LogP contribution is -2.40. The molecule has 6 heteroatoms. The van der Waals surface area contributed by atoms with Crippen LogP contribution in [0.4, 0.5) is 0 Å². The van der Waals surface area contributed by atoms with Crippen LogP contribution in [0.1, 0.15) is 12.8 Å². The fourth-order valence-corrected chi connectivity index (χ4v) is 3.48. The van der Waals surface area contributed by atoms with Crippen LogP contribution >= 0.6 is 15.9 Å². The predicted molar refractivity (Wildman–Crippen MR) is 59.1 cm³/mol. The maximum atomic E-state index is 11.5. The van der Waals surface area contributed by atoms with Gasteiger partial charge in [-0.25, -0.2) is 13.1 Å². The third kappa shape index (κ3) is 4.72. The second kappa shape index (κ2) is 5.44. The Labute approximate surface area is 93.6 Å². The summed E-state index contributed by atoms with van der Waals surface area (Å²) in [6.07, 6.45) is 2.09. The van der Waals surface area contributed by atoms with E-state index >= 15 is 0 Å². The molecule has 0 heterocycles. The minimum Gasteiger partial charge on any atom is -0.383 e. The van der Waals surface area contributed by atoms with Crippen LogP contribution in [0, 0.1) is 5.92 Å². The van der Waals surface area contributed by atoms with E-state index in [-0.39, 0.29) is 11.8 Å². The average molecular weight is 286 g/mol. The summed E-state index contributed by atoms with van der Waals surface area (Å²) in [4.78, 5) is 0. The van der Waals surface area contributed by atoms with Gasteiger partial charge in [-0.3, -0.25) is 0 Å². The van der Waals surface area contributed by atoms with Gasteiger partial charge in [0.05, 0.1) is 18.4 Å². The van der Waals surface area contributed by atoms with Crippen molar-refractivity contribution in [2.24, 2.45) is 5.92 Å². The number of hydrogen-bond donors (Lipinski definition) is 1. The summed E-state index contributed by atoms with van der Waals surface area (Å²) in [5, 5.41) is 0.574. The molecule has 0 spiro atoms. The number of hydrogen-bond acceptors (Lipinski definition) is 3. The highest BCUT2D eigenvalue weighted by atomic mass is 79.9. The summed E-state index contributed by atoms with van der Waals surface area (Å²) in [5.74, 6) is 0.645. The van der Waals surface area contributed by atoms with E-state index in [0.717, 1.165) is 12.8 Å². The van der Waals surface area contributed by atoms with Crippen molar-refractivity contribution < 1.29 is 13.2 Å². The fraction of sp³-hybridized carbons (Fsp3) is 1.00. The van der Waals surface area contributed by atoms with Crippen LogP contribution in [0.3, 0.4) is 0 Å². The normalized spacial score (nSPS) is 19.6. The Morgan fingerprint density at radius 1 is 1.57 bits per heavy atom. The van der Waals surface area contributed by atoms with Crippen LogP contribution in [-0.4, -0.2) is 39.3 Å². The van der Waals surface area contributed by atoms with Gasteiger partial charge in [0, 0.05) is 12.4 Å². The first-order valence-electron chi connectivity index (χ1n) is 4.62. The van der Waals surface area contributed by atoms with Gasteiger partial charge < -0.3 is 4.74 Å². The lowest BCUT2D eigenvalue weighted by molar-refractivity contribution is 0.182. The largest absolute Gasteiger partial charge is 0.383 e. The smallest absolute Gasteiger partial charge is 0.212 e. The molecule has 0 aromatic rings. The monoisotopic (exact) mass is 285 g/mol. The quantitative estimate of drug-likeness (QED) is 0.702. The molecule has 1 aliphatic rings. The molecule has 1 fully saturated rings. The minimum absolute atomic E-state index is 0.163. The SMILES string of the molecule is COCC(CBr)NS(=O)(=O)CC1CC1. The van der Waals surface area contributed by atoms with Crippen molar-refractivity contribution >= 4 is 26.0 Å². The third-order valence-electron chi connectivity index (χ3n) is 2.05. The van der Waals surface area contributed by atoms with E-state index < -0.39 is 10.0 Å². The van der Waals surface area contributed by atoms with Crippen molar-refractivity contribution in [3.05, 3.63) is 0 Å². The summed E-state index contributed by atoms with van der Waals surface area (Å²) < 4.78 is 30.6. The number of rotatable bonds is 7. The number of methoxy groups -OCH3 is 1. The van der Waals surface area contributed by atoms with Gasteiger partial charge in [-0.15, -0.1) is 0 Å². The van der Waals surface area contributed by atoms with E-state index in [1.54, 1.807) is 7.11 Å². The molecule has 84 valence electrons. The molecule has 14 heavy (non-hydrogen) atoms. The summed E-state index contributed by atoms with van der Waals surface area (Å²) >= 11 is 3.24. The molecule has 4 nitrogen and oxygen atoms in total. The van der Waals surface area contributed by atoms with E-state index in [1.165, 1.54) is 0 Å². The van der Waals surface area contributed by atoms with Crippen molar-refractivity contribution in [3.8, 4) is 0 Å². The van der Waals surface area contributed by atoms with E-state index in [1.807, 2.05) is 0 Å². The molecule has 0 aliphatic heterocycles. The van der Waals surface area contributed by atoms with Crippen LogP contribution < -0.4 is 4.72 Å². The zero-order chi connectivity index (χ0) is 10.6. The second-order valence-electron chi connectivity index (χ2n) is 3.65. The van der Waals surface area contributed by atoms with Crippen molar-refractivity contribution in [1.29, 1.82) is 0 Å². The van der Waals surface area contributed by atoms with Gasteiger partial charge in [0.25, 0.3) is 0 Å². The molecule has 1 rings (SSSR count). The first-order valence-corrected chi connectivity index (χ1v) is 7.39. The van der Waals surface area contributed by atoms with Gasteiger partial charge in [0.2, 0.25) is 10.0 Å². The van der Waals surface area contributed by atoms with E-state index in [0.29, 0.717) is 17.9 Å². The Kier molecular flexibility index (Phi) is 4.82. The van der Waals surface area contributed by atoms with Gasteiger partial charge in [-0.2, -0.15) is 0 Å². The summed E-state index contributed by atoms with van der Waals surface area (Å²) in [7, 11) is -1.55. The number of alkyl halides is 1. The van der Waals surface area contributed by atoms with Crippen molar-refractivity contribution in [1.82, 2.24) is 4.72 Å². The molecular weight excluding hydrogens is 270 g/mol. The molecule has 1 atom stereocenters. The lowest BCUT2D eigenvalue weighted by atomic mass is 10.4.